The maximum Gasteiger partial charge on any atom is -0.0355 e. The monoisotopic (exact) mass is 222 g/mol. The summed E-state index contributed by atoms with van der Waals surface area (Å²) < 4.78 is 0. The van der Waals surface area contributed by atoms with Gasteiger partial charge in [-0.05, 0) is 60.7 Å². The van der Waals surface area contributed by atoms with Gasteiger partial charge in [0.1, 0.15) is 0 Å². The predicted octanol–water partition coefficient (Wildman–Crippen LogP) is 4.99. The Kier molecular flexibility index (Phi) is 3.66. The summed E-state index contributed by atoms with van der Waals surface area (Å²) in [4.78, 5) is 0. The maximum absolute atomic E-state index is 2.52. The summed E-state index contributed by atoms with van der Waals surface area (Å²) in [5, 5.41) is 0. The highest BCUT2D eigenvalue weighted by molar-refractivity contribution is 4.94. The second-order valence-electron chi connectivity index (χ2n) is 7.07. The van der Waals surface area contributed by atoms with Crippen LogP contribution >= 0.6 is 0 Å². The zero-order chi connectivity index (χ0) is 11.9. The molecule has 0 amide bonds. The highest BCUT2D eigenvalue weighted by Crippen LogP contribution is 2.53. The standard InChI is InChI=1S/C16H30/c1-6-13-9-15(13)11(4)8-16-12(5)7-14(16)10(2)3/h10-16H,6-9H2,1-5H3. The van der Waals surface area contributed by atoms with Gasteiger partial charge in [-0.3, -0.25) is 0 Å². The lowest BCUT2D eigenvalue weighted by atomic mass is 9.59. The van der Waals surface area contributed by atoms with Crippen LogP contribution in [0.5, 0.6) is 0 Å². The van der Waals surface area contributed by atoms with Gasteiger partial charge in [0.15, 0.2) is 0 Å². The average Bonchev–Trinajstić information content (AvgIpc) is 3.00. The van der Waals surface area contributed by atoms with E-state index < -0.39 is 0 Å². The Bertz CT molecular complexity index is 230. The molecule has 0 aromatic heterocycles. The van der Waals surface area contributed by atoms with Crippen molar-refractivity contribution in [2.45, 2.75) is 60.3 Å². The van der Waals surface area contributed by atoms with E-state index >= 15 is 0 Å². The summed E-state index contributed by atoms with van der Waals surface area (Å²) in [5.41, 5.74) is 0. The topological polar surface area (TPSA) is 0 Å². The molecule has 0 saturated heterocycles. The first kappa shape index (κ1) is 12.5. The molecule has 2 rings (SSSR count). The molecule has 94 valence electrons. The van der Waals surface area contributed by atoms with Crippen LogP contribution in [0, 0.1) is 41.4 Å². The normalized spacial score (nSPS) is 44.2. The van der Waals surface area contributed by atoms with Crippen LogP contribution in [-0.4, -0.2) is 0 Å². The van der Waals surface area contributed by atoms with E-state index in [2.05, 4.69) is 34.6 Å². The van der Waals surface area contributed by atoms with Crippen LogP contribution < -0.4 is 0 Å². The highest BCUT2D eigenvalue weighted by atomic mass is 14.5. The van der Waals surface area contributed by atoms with E-state index in [9.17, 15) is 0 Å². The van der Waals surface area contributed by atoms with Crippen LogP contribution in [-0.2, 0) is 0 Å². The van der Waals surface area contributed by atoms with Gasteiger partial charge in [-0.25, -0.2) is 0 Å². The van der Waals surface area contributed by atoms with Crippen LogP contribution in [0.4, 0.5) is 0 Å². The first-order valence-electron chi connectivity index (χ1n) is 7.54. The molecule has 0 heteroatoms. The molecule has 0 N–H and O–H groups in total. The van der Waals surface area contributed by atoms with Gasteiger partial charge in [-0.2, -0.15) is 0 Å². The number of hydrogen-bond acceptors (Lipinski definition) is 0. The molecule has 2 saturated carbocycles. The van der Waals surface area contributed by atoms with E-state index in [1.807, 2.05) is 0 Å². The number of hydrogen-bond donors (Lipinski definition) is 0. The van der Waals surface area contributed by atoms with Crippen LogP contribution in [0.15, 0.2) is 0 Å². The van der Waals surface area contributed by atoms with Gasteiger partial charge < -0.3 is 0 Å². The fourth-order valence-corrected chi connectivity index (χ4v) is 4.22. The largest absolute Gasteiger partial charge is 0.0651 e. The second kappa shape index (κ2) is 4.70. The molecule has 0 aliphatic heterocycles. The number of rotatable bonds is 5. The van der Waals surface area contributed by atoms with E-state index in [4.69, 9.17) is 0 Å². The van der Waals surface area contributed by atoms with Gasteiger partial charge in [-0.1, -0.05) is 41.0 Å². The van der Waals surface area contributed by atoms with Crippen LogP contribution in [0.3, 0.4) is 0 Å². The lowest BCUT2D eigenvalue weighted by Gasteiger charge is -2.47. The van der Waals surface area contributed by atoms with Crippen molar-refractivity contribution in [3.05, 3.63) is 0 Å². The van der Waals surface area contributed by atoms with Gasteiger partial charge in [0, 0.05) is 0 Å². The third-order valence-electron chi connectivity index (χ3n) is 5.66. The van der Waals surface area contributed by atoms with Crippen molar-refractivity contribution < 1.29 is 0 Å². The maximum atomic E-state index is 2.52. The van der Waals surface area contributed by atoms with Crippen molar-refractivity contribution in [2.24, 2.45) is 41.4 Å². The highest BCUT2D eigenvalue weighted by Gasteiger charge is 2.44. The van der Waals surface area contributed by atoms with Gasteiger partial charge in [0.2, 0.25) is 0 Å². The average molecular weight is 222 g/mol. The molecule has 0 radical (unpaired) electrons. The molecule has 6 unspecified atom stereocenters. The quantitative estimate of drug-likeness (QED) is 0.615. The van der Waals surface area contributed by atoms with Crippen LogP contribution in [0.2, 0.25) is 0 Å². The molecule has 0 heterocycles. The van der Waals surface area contributed by atoms with Crippen molar-refractivity contribution in [1.29, 1.82) is 0 Å². The lowest BCUT2D eigenvalue weighted by molar-refractivity contribution is 0.0255. The van der Waals surface area contributed by atoms with E-state index in [-0.39, 0.29) is 0 Å². The summed E-state index contributed by atoms with van der Waals surface area (Å²) in [6.07, 6.45) is 5.97. The molecular weight excluding hydrogens is 192 g/mol. The summed E-state index contributed by atoms with van der Waals surface area (Å²) >= 11 is 0. The molecule has 2 aliphatic carbocycles. The Balaban J connectivity index is 1.80. The Morgan fingerprint density at radius 2 is 1.75 bits per heavy atom. The van der Waals surface area contributed by atoms with Gasteiger partial charge in [0.25, 0.3) is 0 Å². The first-order valence-corrected chi connectivity index (χ1v) is 7.54. The van der Waals surface area contributed by atoms with Crippen molar-refractivity contribution in [1.82, 2.24) is 0 Å². The van der Waals surface area contributed by atoms with E-state index in [0.717, 1.165) is 41.4 Å². The van der Waals surface area contributed by atoms with Crippen molar-refractivity contribution >= 4 is 0 Å². The van der Waals surface area contributed by atoms with Crippen LogP contribution in [0.25, 0.3) is 0 Å². The van der Waals surface area contributed by atoms with E-state index in [0.29, 0.717) is 0 Å². The van der Waals surface area contributed by atoms with Gasteiger partial charge in [0.05, 0.1) is 0 Å². The Morgan fingerprint density at radius 1 is 1.06 bits per heavy atom. The molecule has 0 spiro atoms. The summed E-state index contributed by atoms with van der Waals surface area (Å²) in [7, 11) is 0. The minimum absolute atomic E-state index is 0.912. The Labute approximate surface area is 102 Å². The Hall–Kier alpha value is 0. The van der Waals surface area contributed by atoms with E-state index in [1.54, 1.807) is 0 Å². The minimum Gasteiger partial charge on any atom is -0.0651 e. The lowest BCUT2D eigenvalue weighted by Crippen LogP contribution is -2.39. The molecule has 16 heavy (non-hydrogen) atoms. The van der Waals surface area contributed by atoms with Crippen molar-refractivity contribution in [3.63, 3.8) is 0 Å². The zero-order valence-corrected chi connectivity index (χ0v) is 11.9. The zero-order valence-electron chi connectivity index (χ0n) is 11.9. The van der Waals surface area contributed by atoms with E-state index in [1.165, 1.54) is 25.7 Å². The Morgan fingerprint density at radius 3 is 2.19 bits per heavy atom. The summed E-state index contributed by atoms with van der Waals surface area (Å²) in [5.74, 6) is 7.18. The SMILES string of the molecule is CCC1CC1C(C)CC1C(C)CC1C(C)C. The van der Waals surface area contributed by atoms with Gasteiger partial charge >= 0.3 is 0 Å². The van der Waals surface area contributed by atoms with Gasteiger partial charge in [-0.15, -0.1) is 0 Å². The van der Waals surface area contributed by atoms with Crippen LogP contribution in [0.1, 0.15) is 60.3 Å². The summed E-state index contributed by atoms with van der Waals surface area (Å²) in [6, 6.07) is 0. The molecule has 0 bridgehead atoms. The first-order chi connectivity index (χ1) is 7.54. The second-order valence-corrected chi connectivity index (χ2v) is 7.07. The molecular formula is C16H30. The molecule has 6 atom stereocenters. The third-order valence-corrected chi connectivity index (χ3v) is 5.66. The predicted molar refractivity (Wildman–Crippen MR) is 71.3 cm³/mol. The summed E-state index contributed by atoms with van der Waals surface area (Å²) in [6.45, 7) is 12.2. The third kappa shape index (κ3) is 2.31. The molecule has 2 aliphatic rings. The minimum atomic E-state index is 0.912. The molecule has 0 aromatic rings. The molecule has 2 fully saturated rings. The smallest absolute Gasteiger partial charge is 0.0355 e. The van der Waals surface area contributed by atoms with Crippen molar-refractivity contribution in [2.75, 3.05) is 0 Å². The fourth-order valence-electron chi connectivity index (χ4n) is 4.22. The molecule has 0 aromatic carbocycles. The molecule has 0 nitrogen and oxygen atoms in total. The van der Waals surface area contributed by atoms with Crippen molar-refractivity contribution in [3.8, 4) is 0 Å². The fraction of sp³-hybridized carbons (Fsp3) is 1.00.